The van der Waals surface area contributed by atoms with E-state index in [1.807, 2.05) is 49.6 Å². The predicted molar refractivity (Wildman–Crippen MR) is 140 cm³/mol. The third-order valence-electron chi connectivity index (χ3n) is 6.44. The number of carbonyl (C=O) groups excluding carboxylic acids is 1. The first-order chi connectivity index (χ1) is 18.0. The molecule has 1 fully saturated rings. The Balaban J connectivity index is 1.25. The quantitative estimate of drug-likeness (QED) is 0.351. The molecule has 4 heterocycles. The van der Waals surface area contributed by atoms with Gasteiger partial charge in [-0.05, 0) is 37.1 Å². The van der Waals surface area contributed by atoms with Gasteiger partial charge in [-0.25, -0.2) is 24.5 Å². The van der Waals surface area contributed by atoms with Gasteiger partial charge < -0.3 is 19.0 Å². The van der Waals surface area contributed by atoms with E-state index in [0.29, 0.717) is 56.4 Å². The van der Waals surface area contributed by atoms with Gasteiger partial charge in [0.1, 0.15) is 0 Å². The van der Waals surface area contributed by atoms with Gasteiger partial charge in [0.2, 0.25) is 0 Å². The summed E-state index contributed by atoms with van der Waals surface area (Å²) in [6, 6.07) is 11.4. The first kappa shape index (κ1) is 24.5. The molecule has 192 valence electrons. The summed E-state index contributed by atoms with van der Waals surface area (Å²) in [6.45, 7) is 7.35. The maximum Gasteiger partial charge on any atom is 0.421 e. The molecule has 0 radical (unpaired) electrons. The van der Waals surface area contributed by atoms with E-state index in [1.165, 1.54) is 4.57 Å². The number of hydrogen-bond donors (Lipinski definition) is 0. The molecule has 3 aromatic heterocycles. The first-order valence-corrected chi connectivity index (χ1v) is 12.6. The van der Waals surface area contributed by atoms with Crippen LogP contribution in [0.2, 0.25) is 0 Å². The Bertz CT molecular complexity index is 1440. The van der Waals surface area contributed by atoms with E-state index in [-0.39, 0.29) is 6.09 Å². The van der Waals surface area contributed by atoms with Crippen molar-refractivity contribution in [2.45, 2.75) is 33.2 Å². The van der Waals surface area contributed by atoms with Crippen molar-refractivity contribution in [3.8, 4) is 11.4 Å². The molecular formula is C27H30N6O4. The summed E-state index contributed by atoms with van der Waals surface area (Å²) in [5, 5.41) is 0. The summed E-state index contributed by atoms with van der Waals surface area (Å²) in [4.78, 5) is 42.1. The molecule has 4 aromatic rings. The second-order valence-electron chi connectivity index (χ2n) is 9.14. The van der Waals surface area contributed by atoms with Crippen molar-refractivity contribution in [1.29, 1.82) is 0 Å². The van der Waals surface area contributed by atoms with Crippen LogP contribution in [0.3, 0.4) is 0 Å². The van der Waals surface area contributed by atoms with Crippen LogP contribution >= 0.6 is 0 Å². The van der Waals surface area contributed by atoms with Crippen molar-refractivity contribution < 1.29 is 13.9 Å². The number of aryl methyl sites for hydroxylation is 1. The fourth-order valence-electron chi connectivity index (χ4n) is 4.35. The van der Waals surface area contributed by atoms with Crippen molar-refractivity contribution in [3.63, 3.8) is 0 Å². The molecule has 0 saturated carbocycles. The van der Waals surface area contributed by atoms with Gasteiger partial charge in [-0.1, -0.05) is 31.5 Å². The highest BCUT2D eigenvalue weighted by atomic mass is 16.6. The zero-order valence-electron chi connectivity index (χ0n) is 21.1. The molecule has 0 aliphatic carbocycles. The lowest BCUT2D eigenvalue weighted by molar-refractivity contribution is 0.0989. The molecule has 10 nitrogen and oxygen atoms in total. The highest BCUT2D eigenvalue weighted by molar-refractivity contribution is 5.69. The van der Waals surface area contributed by atoms with E-state index in [1.54, 1.807) is 11.0 Å². The monoisotopic (exact) mass is 502 g/mol. The normalized spacial score (nSPS) is 13.8. The van der Waals surface area contributed by atoms with E-state index in [2.05, 4.69) is 26.8 Å². The molecule has 10 heteroatoms. The summed E-state index contributed by atoms with van der Waals surface area (Å²) >= 11 is 0. The summed E-state index contributed by atoms with van der Waals surface area (Å²) in [7, 11) is 0. The number of nitrogens with zero attached hydrogens (tertiary/aromatic N) is 6. The van der Waals surface area contributed by atoms with Gasteiger partial charge in [0.15, 0.2) is 17.1 Å². The van der Waals surface area contributed by atoms with Crippen LogP contribution in [0.15, 0.2) is 58.0 Å². The number of piperazine rings is 1. The molecule has 0 N–H and O–H groups in total. The standard InChI is InChI=1S/C27H30N6O4/c1-3-4-14-36-26(34)32-12-10-31(11-13-32)22-16-28-24(29-17-22)21-7-5-6-20(15-21)18-33-25-23(37-27(33)35)9-8-19(2)30-25/h5-9,15-17H,3-4,10-14,18H2,1-2H3. The number of carbonyl (C=O) groups is 1. The van der Waals surface area contributed by atoms with Crippen LogP contribution in [-0.2, 0) is 11.3 Å². The Morgan fingerprint density at radius 1 is 1.08 bits per heavy atom. The minimum Gasteiger partial charge on any atom is -0.449 e. The van der Waals surface area contributed by atoms with Crippen molar-refractivity contribution >= 4 is 23.0 Å². The first-order valence-electron chi connectivity index (χ1n) is 12.6. The maximum absolute atomic E-state index is 12.4. The summed E-state index contributed by atoms with van der Waals surface area (Å²) in [5.41, 5.74) is 4.51. The van der Waals surface area contributed by atoms with Crippen LogP contribution in [0, 0.1) is 6.92 Å². The zero-order chi connectivity index (χ0) is 25.8. The summed E-state index contributed by atoms with van der Waals surface area (Å²) < 4.78 is 12.2. The molecule has 5 rings (SSSR count). The molecule has 0 unspecified atom stereocenters. The largest absolute Gasteiger partial charge is 0.449 e. The van der Waals surface area contributed by atoms with Gasteiger partial charge in [-0.2, -0.15) is 0 Å². The molecular weight excluding hydrogens is 472 g/mol. The van der Waals surface area contributed by atoms with Crippen LogP contribution in [0.5, 0.6) is 0 Å². The number of aromatic nitrogens is 4. The molecule has 37 heavy (non-hydrogen) atoms. The van der Waals surface area contributed by atoms with Crippen LogP contribution < -0.4 is 10.7 Å². The lowest BCUT2D eigenvalue weighted by atomic mass is 10.1. The fraction of sp³-hybridized carbons (Fsp3) is 0.370. The number of anilines is 1. The number of oxazole rings is 1. The second kappa shape index (κ2) is 10.8. The van der Waals surface area contributed by atoms with Crippen LogP contribution in [0.25, 0.3) is 22.6 Å². The van der Waals surface area contributed by atoms with E-state index in [4.69, 9.17) is 9.15 Å². The zero-order valence-corrected chi connectivity index (χ0v) is 21.1. The van der Waals surface area contributed by atoms with Crippen molar-refractivity contribution in [1.82, 2.24) is 24.4 Å². The minimum absolute atomic E-state index is 0.240. The Morgan fingerprint density at radius 3 is 2.62 bits per heavy atom. The van der Waals surface area contributed by atoms with Gasteiger partial charge >= 0.3 is 11.8 Å². The molecule has 0 spiro atoms. The molecule has 1 saturated heterocycles. The fourth-order valence-corrected chi connectivity index (χ4v) is 4.35. The average Bonchev–Trinajstić information content (AvgIpc) is 3.23. The Labute approximate surface area is 214 Å². The van der Waals surface area contributed by atoms with Gasteiger partial charge in [-0.3, -0.25) is 4.57 Å². The number of amides is 1. The number of hydrogen-bond acceptors (Lipinski definition) is 8. The van der Waals surface area contributed by atoms with Crippen molar-refractivity contribution in [2.24, 2.45) is 0 Å². The van der Waals surface area contributed by atoms with Crippen molar-refractivity contribution in [3.05, 3.63) is 70.6 Å². The van der Waals surface area contributed by atoms with Crippen LogP contribution in [0.1, 0.15) is 31.0 Å². The molecule has 0 bridgehead atoms. The van der Waals surface area contributed by atoms with E-state index < -0.39 is 5.76 Å². The Morgan fingerprint density at radius 2 is 1.86 bits per heavy atom. The summed E-state index contributed by atoms with van der Waals surface area (Å²) in [5.74, 6) is 0.163. The number of ether oxygens (including phenoxy) is 1. The topological polar surface area (TPSA) is 107 Å². The van der Waals surface area contributed by atoms with Gasteiger partial charge in [0.25, 0.3) is 0 Å². The van der Waals surface area contributed by atoms with E-state index in [0.717, 1.165) is 35.3 Å². The maximum atomic E-state index is 12.4. The predicted octanol–water partition coefficient (Wildman–Crippen LogP) is 3.86. The molecule has 1 aliphatic heterocycles. The lowest BCUT2D eigenvalue weighted by Gasteiger charge is -2.35. The third kappa shape index (κ3) is 5.47. The number of unbranched alkanes of at least 4 members (excludes halogenated alkanes) is 1. The molecule has 0 atom stereocenters. The average molecular weight is 503 g/mol. The molecule has 1 aromatic carbocycles. The van der Waals surface area contributed by atoms with Crippen LogP contribution in [0.4, 0.5) is 10.5 Å². The summed E-state index contributed by atoms with van der Waals surface area (Å²) in [6.07, 6.45) is 5.26. The Kier molecular flexibility index (Phi) is 7.16. The van der Waals surface area contributed by atoms with Gasteiger partial charge in [0.05, 0.1) is 31.2 Å². The van der Waals surface area contributed by atoms with Gasteiger partial charge in [-0.15, -0.1) is 0 Å². The van der Waals surface area contributed by atoms with E-state index >= 15 is 0 Å². The van der Waals surface area contributed by atoms with Crippen LogP contribution in [-0.4, -0.2) is 63.3 Å². The number of rotatable bonds is 7. The minimum atomic E-state index is -0.437. The van der Waals surface area contributed by atoms with E-state index in [9.17, 15) is 9.59 Å². The second-order valence-corrected chi connectivity index (χ2v) is 9.14. The van der Waals surface area contributed by atoms with Crippen molar-refractivity contribution in [2.75, 3.05) is 37.7 Å². The third-order valence-corrected chi connectivity index (χ3v) is 6.44. The highest BCUT2D eigenvalue weighted by Gasteiger charge is 2.22. The number of fused-ring (bicyclic) bond motifs is 1. The SMILES string of the molecule is CCCCOC(=O)N1CCN(c2cnc(-c3cccc(Cn4c(=O)oc5ccc(C)nc54)c3)nc2)CC1. The Hall–Kier alpha value is -4.21. The smallest absolute Gasteiger partial charge is 0.421 e. The highest BCUT2D eigenvalue weighted by Crippen LogP contribution is 2.21. The number of benzene rings is 1. The number of pyridine rings is 1. The molecule has 1 aliphatic rings. The molecule has 1 amide bonds. The lowest BCUT2D eigenvalue weighted by Crippen LogP contribution is -2.49. The van der Waals surface area contributed by atoms with Gasteiger partial charge in [0, 0.05) is 37.4 Å².